The summed E-state index contributed by atoms with van der Waals surface area (Å²) in [6.45, 7) is 0.977. The summed E-state index contributed by atoms with van der Waals surface area (Å²) in [4.78, 5) is 9.39. The van der Waals surface area contributed by atoms with Gasteiger partial charge in [-0.3, -0.25) is 4.90 Å². The van der Waals surface area contributed by atoms with Gasteiger partial charge in [0.05, 0.1) is 6.54 Å². The van der Waals surface area contributed by atoms with Gasteiger partial charge in [0.15, 0.2) is 0 Å². The summed E-state index contributed by atoms with van der Waals surface area (Å²) in [5, 5.41) is 0. The summed E-state index contributed by atoms with van der Waals surface area (Å²) in [5.74, 6) is 3.09. The molecule has 4 nitrogen and oxygen atoms in total. The molecule has 0 saturated heterocycles. The van der Waals surface area contributed by atoms with E-state index in [2.05, 4.69) is 47.5 Å². The van der Waals surface area contributed by atoms with Crippen molar-refractivity contribution in [2.45, 2.75) is 44.3 Å². The molecule has 2 aliphatic rings. The zero-order valence-corrected chi connectivity index (χ0v) is 13.3. The average Bonchev–Trinajstić information content (AvgIpc) is 3.03. The van der Waals surface area contributed by atoms with E-state index < -0.39 is 0 Å². The van der Waals surface area contributed by atoms with Gasteiger partial charge in [-0.15, -0.1) is 0 Å². The lowest BCUT2D eigenvalue weighted by molar-refractivity contribution is 0.206. The minimum Gasteiger partial charge on any atom is -0.337 e. The van der Waals surface area contributed by atoms with E-state index in [4.69, 9.17) is 0 Å². The van der Waals surface area contributed by atoms with Gasteiger partial charge >= 0.3 is 0 Å². The standard InChI is InChI=1S/C16H28N4/c1-18(2)14-7-12-9-15(10-13(12)8-14)20(4)11-16-17-5-6-19(16)3/h5-6,12-15H,7-11H2,1-4H3/t12-,13+,14?,15?. The van der Waals surface area contributed by atoms with E-state index in [0.29, 0.717) is 0 Å². The van der Waals surface area contributed by atoms with E-state index in [9.17, 15) is 0 Å². The van der Waals surface area contributed by atoms with E-state index >= 15 is 0 Å². The topological polar surface area (TPSA) is 24.3 Å². The van der Waals surface area contributed by atoms with Crippen LogP contribution in [-0.2, 0) is 13.6 Å². The molecule has 0 aliphatic heterocycles. The molecule has 2 saturated carbocycles. The van der Waals surface area contributed by atoms with Gasteiger partial charge in [-0.25, -0.2) is 4.98 Å². The van der Waals surface area contributed by atoms with Crippen LogP contribution in [-0.4, -0.2) is 52.6 Å². The summed E-state index contributed by atoms with van der Waals surface area (Å²) in [5.41, 5.74) is 0. The largest absolute Gasteiger partial charge is 0.337 e. The lowest BCUT2D eigenvalue weighted by atomic mass is 10.0. The lowest BCUT2D eigenvalue weighted by Gasteiger charge is -2.26. The molecular formula is C16H28N4. The minimum absolute atomic E-state index is 0.754. The first-order valence-electron chi connectivity index (χ1n) is 7.87. The van der Waals surface area contributed by atoms with E-state index in [-0.39, 0.29) is 0 Å². The monoisotopic (exact) mass is 276 g/mol. The third kappa shape index (κ3) is 2.63. The molecule has 1 aromatic heterocycles. The van der Waals surface area contributed by atoms with Crippen LogP contribution < -0.4 is 0 Å². The Kier molecular flexibility index (Phi) is 3.87. The Balaban J connectivity index is 1.55. The van der Waals surface area contributed by atoms with Crippen LogP contribution >= 0.6 is 0 Å². The molecule has 1 aromatic rings. The predicted molar refractivity (Wildman–Crippen MR) is 81.4 cm³/mol. The molecule has 4 heteroatoms. The summed E-state index contributed by atoms with van der Waals surface area (Å²) >= 11 is 0. The van der Waals surface area contributed by atoms with Crippen molar-refractivity contribution in [3.63, 3.8) is 0 Å². The number of aryl methyl sites for hydroxylation is 1. The Morgan fingerprint density at radius 2 is 1.70 bits per heavy atom. The van der Waals surface area contributed by atoms with Gasteiger partial charge in [0.1, 0.15) is 5.82 Å². The third-order valence-corrected chi connectivity index (χ3v) is 5.63. The molecule has 3 rings (SSSR count). The Labute approximate surface area is 122 Å². The molecule has 0 N–H and O–H groups in total. The van der Waals surface area contributed by atoms with Crippen molar-refractivity contribution in [3.05, 3.63) is 18.2 Å². The Bertz CT molecular complexity index is 439. The number of hydrogen-bond acceptors (Lipinski definition) is 3. The van der Waals surface area contributed by atoms with Crippen LogP contribution in [0.3, 0.4) is 0 Å². The molecule has 4 atom stereocenters. The summed E-state index contributed by atoms with van der Waals surface area (Å²) in [7, 11) is 8.82. The van der Waals surface area contributed by atoms with Crippen molar-refractivity contribution in [2.24, 2.45) is 18.9 Å². The fourth-order valence-electron chi connectivity index (χ4n) is 4.24. The maximum absolute atomic E-state index is 4.45. The maximum atomic E-state index is 4.45. The van der Waals surface area contributed by atoms with Crippen LogP contribution in [0.1, 0.15) is 31.5 Å². The van der Waals surface area contributed by atoms with Gasteiger partial charge in [-0.1, -0.05) is 0 Å². The first-order valence-corrected chi connectivity index (χ1v) is 7.87. The molecule has 1 heterocycles. The van der Waals surface area contributed by atoms with Crippen LogP contribution in [0.15, 0.2) is 12.4 Å². The van der Waals surface area contributed by atoms with Gasteiger partial charge in [0, 0.05) is 31.5 Å². The smallest absolute Gasteiger partial charge is 0.122 e. The molecule has 0 amide bonds. The minimum atomic E-state index is 0.754. The van der Waals surface area contributed by atoms with E-state index in [1.165, 1.54) is 31.5 Å². The average molecular weight is 276 g/mol. The van der Waals surface area contributed by atoms with Crippen molar-refractivity contribution >= 4 is 0 Å². The molecule has 0 radical (unpaired) electrons. The number of fused-ring (bicyclic) bond motifs is 1. The van der Waals surface area contributed by atoms with Crippen molar-refractivity contribution in [1.29, 1.82) is 0 Å². The van der Waals surface area contributed by atoms with Crippen LogP contribution in [0.2, 0.25) is 0 Å². The van der Waals surface area contributed by atoms with Gasteiger partial charge in [0.25, 0.3) is 0 Å². The second-order valence-electron chi connectivity index (χ2n) is 7.10. The molecule has 2 unspecified atom stereocenters. The fraction of sp³-hybridized carbons (Fsp3) is 0.812. The molecule has 112 valence electrons. The highest BCUT2D eigenvalue weighted by molar-refractivity contribution is 4.98. The van der Waals surface area contributed by atoms with Crippen LogP contribution in [0.4, 0.5) is 0 Å². The highest BCUT2D eigenvalue weighted by Crippen LogP contribution is 2.46. The lowest BCUT2D eigenvalue weighted by Crippen LogP contribution is -2.32. The quantitative estimate of drug-likeness (QED) is 0.840. The summed E-state index contributed by atoms with van der Waals surface area (Å²) in [6, 6.07) is 1.58. The first-order chi connectivity index (χ1) is 9.54. The number of nitrogens with zero attached hydrogens (tertiary/aromatic N) is 4. The Hall–Kier alpha value is -0.870. The Morgan fingerprint density at radius 3 is 2.20 bits per heavy atom. The van der Waals surface area contributed by atoms with Crippen molar-refractivity contribution < 1.29 is 0 Å². The summed E-state index contributed by atoms with van der Waals surface area (Å²) in [6.07, 6.45) is 9.52. The molecule has 20 heavy (non-hydrogen) atoms. The first kappa shape index (κ1) is 14.1. The number of imidazole rings is 1. The normalized spacial score (nSPS) is 33.3. The molecular weight excluding hydrogens is 248 g/mol. The van der Waals surface area contributed by atoms with Crippen molar-refractivity contribution in [1.82, 2.24) is 19.4 Å². The van der Waals surface area contributed by atoms with Crippen molar-refractivity contribution in [2.75, 3.05) is 21.1 Å². The van der Waals surface area contributed by atoms with Crippen LogP contribution in [0.25, 0.3) is 0 Å². The molecule has 0 bridgehead atoms. The highest BCUT2D eigenvalue weighted by Gasteiger charge is 2.43. The highest BCUT2D eigenvalue weighted by atomic mass is 15.2. The molecule has 0 spiro atoms. The van der Waals surface area contributed by atoms with Crippen LogP contribution in [0, 0.1) is 11.8 Å². The van der Waals surface area contributed by atoms with Gasteiger partial charge in [-0.2, -0.15) is 0 Å². The SMILES string of the molecule is CN(C)C1C[C@@H]2CC(N(C)Cc3nccn3C)C[C@@H]2C1. The van der Waals surface area contributed by atoms with Gasteiger partial charge < -0.3 is 9.47 Å². The second kappa shape index (κ2) is 5.49. The zero-order valence-electron chi connectivity index (χ0n) is 13.3. The molecule has 2 aliphatic carbocycles. The van der Waals surface area contributed by atoms with Crippen LogP contribution in [0.5, 0.6) is 0 Å². The second-order valence-corrected chi connectivity index (χ2v) is 7.10. The fourth-order valence-corrected chi connectivity index (χ4v) is 4.24. The number of aromatic nitrogens is 2. The molecule has 0 aromatic carbocycles. The predicted octanol–water partition coefficient (Wildman–Crippen LogP) is 1.97. The third-order valence-electron chi connectivity index (χ3n) is 5.63. The number of hydrogen-bond donors (Lipinski definition) is 0. The number of rotatable bonds is 4. The van der Waals surface area contributed by atoms with Gasteiger partial charge in [-0.05, 0) is 58.7 Å². The van der Waals surface area contributed by atoms with E-state index in [1.54, 1.807) is 0 Å². The Morgan fingerprint density at radius 1 is 1.10 bits per heavy atom. The van der Waals surface area contributed by atoms with E-state index in [0.717, 1.165) is 30.5 Å². The maximum Gasteiger partial charge on any atom is 0.122 e. The van der Waals surface area contributed by atoms with Gasteiger partial charge in [0.2, 0.25) is 0 Å². The van der Waals surface area contributed by atoms with Crippen molar-refractivity contribution in [3.8, 4) is 0 Å². The summed E-state index contributed by atoms with van der Waals surface area (Å²) < 4.78 is 2.13. The molecule has 2 fully saturated rings. The zero-order chi connectivity index (χ0) is 14.3. The van der Waals surface area contributed by atoms with E-state index in [1.807, 2.05) is 12.4 Å².